The molecule has 19 heavy (non-hydrogen) atoms. The third kappa shape index (κ3) is 2.43. The minimum atomic E-state index is -0.538. The summed E-state index contributed by atoms with van der Waals surface area (Å²) in [5, 5.41) is 9.77. The van der Waals surface area contributed by atoms with Crippen LogP contribution in [0.1, 0.15) is 43.6 Å². The number of amides is 1. The first-order valence-corrected chi connectivity index (χ1v) is 6.58. The van der Waals surface area contributed by atoms with E-state index < -0.39 is 11.2 Å². The molecule has 2 rings (SSSR count). The van der Waals surface area contributed by atoms with E-state index in [1.165, 1.54) is 16.9 Å². The Morgan fingerprint density at radius 1 is 1.37 bits per heavy atom. The van der Waals surface area contributed by atoms with Crippen molar-refractivity contribution in [3.8, 4) is 5.75 Å². The van der Waals surface area contributed by atoms with Crippen molar-refractivity contribution in [3.05, 3.63) is 28.2 Å². The second kappa shape index (κ2) is 5.34. The zero-order valence-electron chi connectivity index (χ0n) is 11.2. The lowest BCUT2D eigenvalue weighted by molar-refractivity contribution is 0.0647. The van der Waals surface area contributed by atoms with E-state index in [1.807, 2.05) is 6.92 Å². The molecule has 2 heterocycles. The number of aromatic nitrogens is 1. The number of nitrogens with one attached hydrogen (secondary N) is 1. The Morgan fingerprint density at radius 2 is 2.11 bits per heavy atom. The average Bonchev–Trinajstić information content (AvgIpc) is 2.37. The molecule has 0 unspecified atom stereocenters. The van der Waals surface area contributed by atoms with Gasteiger partial charge in [0.15, 0.2) is 11.4 Å². The Morgan fingerprint density at radius 3 is 2.79 bits per heavy atom. The first-order valence-electron chi connectivity index (χ1n) is 6.58. The summed E-state index contributed by atoms with van der Waals surface area (Å²) in [7, 11) is 0. The van der Waals surface area contributed by atoms with Gasteiger partial charge in [-0.1, -0.05) is 19.8 Å². The Bertz CT molecular complexity index is 538. The van der Waals surface area contributed by atoms with Gasteiger partial charge in [-0.05, 0) is 13.3 Å². The van der Waals surface area contributed by atoms with Gasteiger partial charge in [-0.2, -0.15) is 0 Å². The fourth-order valence-corrected chi connectivity index (χ4v) is 2.25. The molecule has 0 spiro atoms. The molecule has 1 atom stereocenters. The zero-order valence-corrected chi connectivity index (χ0v) is 11.2. The van der Waals surface area contributed by atoms with Crippen molar-refractivity contribution in [1.82, 2.24) is 9.58 Å². The molecule has 1 aromatic rings. The van der Waals surface area contributed by atoms with Crippen molar-refractivity contribution in [1.29, 1.82) is 0 Å². The molecule has 1 aromatic heterocycles. The van der Waals surface area contributed by atoms with Gasteiger partial charge < -0.3 is 15.4 Å². The van der Waals surface area contributed by atoms with Gasteiger partial charge in [0, 0.05) is 18.8 Å². The predicted octanol–water partition coefficient (Wildman–Crippen LogP) is 1.09. The highest BCUT2D eigenvalue weighted by atomic mass is 16.3. The van der Waals surface area contributed by atoms with Gasteiger partial charge in [0.05, 0.1) is 0 Å². The van der Waals surface area contributed by atoms with E-state index in [2.05, 4.69) is 12.3 Å². The fraction of sp³-hybridized carbons (Fsp3) is 0.538. The number of hydrogen-bond acceptors (Lipinski definition) is 4. The maximum absolute atomic E-state index is 12.4. The molecule has 0 aromatic carbocycles. The Kier molecular flexibility index (Phi) is 3.78. The summed E-state index contributed by atoms with van der Waals surface area (Å²) >= 11 is 0. The standard InChI is InChI=1S/C13H19N3O3/c1-3-4-5-7-15-9(2)14-16-8-6-10(17)12(18)11(16)13(15)19/h6,8-9,14,18H,3-5,7H2,1-2H3/t9-/m0/s1. The van der Waals surface area contributed by atoms with Crippen LogP contribution < -0.4 is 10.9 Å². The summed E-state index contributed by atoms with van der Waals surface area (Å²) in [6.07, 6.45) is 4.33. The minimum Gasteiger partial charge on any atom is -0.502 e. The topological polar surface area (TPSA) is 74.6 Å². The Hall–Kier alpha value is -1.98. The number of carbonyl (C=O) groups excluding carboxylic acids is 1. The third-order valence-corrected chi connectivity index (χ3v) is 3.33. The van der Waals surface area contributed by atoms with E-state index in [0.29, 0.717) is 6.54 Å². The van der Waals surface area contributed by atoms with Crippen LogP contribution in [0.4, 0.5) is 0 Å². The van der Waals surface area contributed by atoms with Crippen molar-refractivity contribution >= 4 is 5.91 Å². The summed E-state index contributed by atoms with van der Waals surface area (Å²) in [5.74, 6) is -0.801. The number of unbranched alkanes of at least 4 members (excludes halogenated alkanes) is 2. The lowest BCUT2D eigenvalue weighted by atomic mass is 10.2. The highest BCUT2D eigenvalue weighted by Crippen LogP contribution is 2.20. The monoisotopic (exact) mass is 265 g/mol. The second-order valence-electron chi connectivity index (χ2n) is 4.76. The van der Waals surface area contributed by atoms with Gasteiger partial charge in [-0.25, -0.2) is 0 Å². The smallest absolute Gasteiger partial charge is 0.278 e. The normalized spacial score (nSPS) is 18.1. The molecule has 0 aliphatic carbocycles. The van der Waals surface area contributed by atoms with E-state index in [-0.39, 0.29) is 17.8 Å². The lowest BCUT2D eigenvalue weighted by Gasteiger charge is -2.36. The molecule has 0 saturated heterocycles. The van der Waals surface area contributed by atoms with E-state index in [1.54, 1.807) is 4.90 Å². The van der Waals surface area contributed by atoms with Gasteiger partial charge in [0.25, 0.3) is 5.91 Å². The predicted molar refractivity (Wildman–Crippen MR) is 71.8 cm³/mol. The number of fused-ring (bicyclic) bond motifs is 1. The van der Waals surface area contributed by atoms with Crippen LogP contribution in [0, 0.1) is 0 Å². The molecule has 0 radical (unpaired) electrons. The summed E-state index contributed by atoms with van der Waals surface area (Å²) in [5.41, 5.74) is 2.54. The number of rotatable bonds is 4. The van der Waals surface area contributed by atoms with Crippen molar-refractivity contribution < 1.29 is 9.90 Å². The van der Waals surface area contributed by atoms with Gasteiger partial charge in [-0.3, -0.25) is 14.3 Å². The van der Waals surface area contributed by atoms with Crippen LogP contribution in [0.25, 0.3) is 0 Å². The Balaban J connectivity index is 2.30. The van der Waals surface area contributed by atoms with Gasteiger partial charge in [0.2, 0.25) is 5.43 Å². The number of hydrogen-bond donors (Lipinski definition) is 2. The number of pyridine rings is 1. The quantitative estimate of drug-likeness (QED) is 0.799. The van der Waals surface area contributed by atoms with Crippen molar-refractivity contribution in [3.63, 3.8) is 0 Å². The number of aromatic hydroxyl groups is 1. The SMILES string of the molecule is CCCCCN1C(=O)c2c(O)c(=O)ccn2N[C@@H]1C. The van der Waals surface area contributed by atoms with Crippen LogP contribution in [-0.4, -0.2) is 33.3 Å². The van der Waals surface area contributed by atoms with E-state index in [4.69, 9.17) is 0 Å². The molecule has 1 aliphatic rings. The number of carbonyl (C=O) groups is 1. The summed E-state index contributed by atoms with van der Waals surface area (Å²) in [4.78, 5) is 25.4. The molecule has 1 aliphatic heterocycles. The summed E-state index contributed by atoms with van der Waals surface area (Å²) in [6, 6.07) is 1.23. The van der Waals surface area contributed by atoms with Gasteiger partial charge in [0.1, 0.15) is 6.17 Å². The summed E-state index contributed by atoms with van der Waals surface area (Å²) < 4.78 is 1.42. The summed E-state index contributed by atoms with van der Waals surface area (Å²) in [6.45, 7) is 4.59. The highest BCUT2D eigenvalue weighted by Gasteiger charge is 2.31. The largest absolute Gasteiger partial charge is 0.502 e. The van der Waals surface area contributed by atoms with Crippen molar-refractivity contribution in [2.24, 2.45) is 0 Å². The van der Waals surface area contributed by atoms with Crippen LogP contribution in [0.2, 0.25) is 0 Å². The molecule has 0 saturated carbocycles. The molecular formula is C13H19N3O3. The second-order valence-corrected chi connectivity index (χ2v) is 4.76. The van der Waals surface area contributed by atoms with Crippen LogP contribution in [-0.2, 0) is 0 Å². The fourth-order valence-electron chi connectivity index (χ4n) is 2.25. The van der Waals surface area contributed by atoms with E-state index in [0.717, 1.165) is 19.3 Å². The molecule has 1 amide bonds. The first-order chi connectivity index (χ1) is 9.06. The highest BCUT2D eigenvalue weighted by molar-refractivity contribution is 5.96. The Labute approximate surface area is 111 Å². The third-order valence-electron chi connectivity index (χ3n) is 3.33. The molecule has 0 bridgehead atoms. The maximum Gasteiger partial charge on any atom is 0.278 e. The number of nitrogens with zero attached hydrogens (tertiary/aromatic N) is 2. The molecular weight excluding hydrogens is 246 g/mol. The van der Waals surface area contributed by atoms with Crippen LogP contribution in [0.5, 0.6) is 5.75 Å². The first kappa shape index (κ1) is 13.5. The maximum atomic E-state index is 12.4. The lowest BCUT2D eigenvalue weighted by Crippen LogP contribution is -2.52. The van der Waals surface area contributed by atoms with Crippen molar-refractivity contribution in [2.75, 3.05) is 12.0 Å². The van der Waals surface area contributed by atoms with Crippen LogP contribution in [0.3, 0.4) is 0 Å². The van der Waals surface area contributed by atoms with Gasteiger partial charge >= 0.3 is 0 Å². The minimum absolute atomic E-state index is 0.0158. The molecule has 104 valence electrons. The molecule has 6 heteroatoms. The van der Waals surface area contributed by atoms with E-state index >= 15 is 0 Å². The molecule has 6 nitrogen and oxygen atoms in total. The van der Waals surface area contributed by atoms with Crippen molar-refractivity contribution in [2.45, 2.75) is 39.3 Å². The molecule has 2 N–H and O–H groups in total. The van der Waals surface area contributed by atoms with Crippen LogP contribution in [0.15, 0.2) is 17.1 Å². The van der Waals surface area contributed by atoms with Crippen LogP contribution >= 0.6 is 0 Å². The van der Waals surface area contributed by atoms with E-state index in [9.17, 15) is 14.7 Å². The molecule has 0 fully saturated rings. The average molecular weight is 265 g/mol. The van der Waals surface area contributed by atoms with Gasteiger partial charge in [-0.15, -0.1) is 0 Å². The zero-order chi connectivity index (χ0) is 14.0.